The van der Waals surface area contributed by atoms with Crippen molar-refractivity contribution >= 4 is 11.3 Å². The van der Waals surface area contributed by atoms with Gasteiger partial charge in [-0.05, 0) is 44.1 Å². The molecule has 1 radical (unpaired) electrons. The minimum atomic E-state index is 0.0124. The maximum Gasteiger partial charge on any atom is 0.0795 e. The number of hydrogen-bond donors (Lipinski definition) is 0. The Morgan fingerprint density at radius 2 is 2.10 bits per heavy atom. The summed E-state index contributed by atoms with van der Waals surface area (Å²) >= 11 is 1.69. The standard InChI is InChI=1S/C17H19N2S/c1-12-2-4-13(5-3-12)14-8-15-6-7-17(9-14,19-15)16-10-20-11-18-16/h2-5,10-11,14-15H,6-9H2,1H3. The minimum absolute atomic E-state index is 0.0124. The lowest BCUT2D eigenvalue weighted by molar-refractivity contribution is 0.240. The molecular weight excluding hydrogens is 264 g/mol. The number of thiazole rings is 1. The molecule has 3 heterocycles. The van der Waals surface area contributed by atoms with Crippen LogP contribution in [0.5, 0.6) is 0 Å². The summed E-state index contributed by atoms with van der Waals surface area (Å²) < 4.78 is 0. The van der Waals surface area contributed by atoms with E-state index in [4.69, 9.17) is 5.32 Å². The molecule has 2 saturated heterocycles. The highest BCUT2D eigenvalue weighted by Gasteiger charge is 2.48. The van der Waals surface area contributed by atoms with Gasteiger partial charge in [-0.3, -0.25) is 0 Å². The highest BCUT2D eigenvalue weighted by molar-refractivity contribution is 7.07. The summed E-state index contributed by atoms with van der Waals surface area (Å²) in [6, 6.07) is 9.62. The molecule has 2 aliphatic heterocycles. The second kappa shape index (κ2) is 4.68. The Bertz CT molecular complexity index is 590. The van der Waals surface area contributed by atoms with Crippen molar-refractivity contribution in [2.24, 2.45) is 0 Å². The summed E-state index contributed by atoms with van der Waals surface area (Å²) in [5.41, 5.74) is 5.99. The van der Waals surface area contributed by atoms with Crippen molar-refractivity contribution in [3.05, 3.63) is 52.0 Å². The van der Waals surface area contributed by atoms with E-state index in [-0.39, 0.29) is 5.54 Å². The van der Waals surface area contributed by atoms with E-state index in [9.17, 15) is 0 Å². The van der Waals surface area contributed by atoms with Gasteiger partial charge in [0.25, 0.3) is 0 Å². The minimum Gasteiger partial charge on any atom is -0.248 e. The first kappa shape index (κ1) is 12.5. The Morgan fingerprint density at radius 3 is 2.85 bits per heavy atom. The number of rotatable bonds is 2. The van der Waals surface area contributed by atoms with Gasteiger partial charge in [-0.2, -0.15) is 0 Å². The second-order valence-corrected chi connectivity index (χ2v) is 6.99. The van der Waals surface area contributed by atoms with Crippen molar-refractivity contribution in [3.63, 3.8) is 0 Å². The lowest BCUT2D eigenvalue weighted by atomic mass is 9.78. The van der Waals surface area contributed by atoms with Gasteiger partial charge in [0, 0.05) is 11.4 Å². The molecule has 1 aromatic carbocycles. The van der Waals surface area contributed by atoms with E-state index < -0.39 is 0 Å². The Morgan fingerprint density at radius 1 is 1.25 bits per heavy atom. The van der Waals surface area contributed by atoms with Crippen LogP contribution in [0.4, 0.5) is 0 Å². The number of nitrogens with zero attached hydrogens (tertiary/aromatic N) is 2. The van der Waals surface area contributed by atoms with Crippen molar-refractivity contribution < 1.29 is 0 Å². The smallest absolute Gasteiger partial charge is 0.0795 e. The molecule has 0 spiro atoms. The third kappa shape index (κ3) is 2.00. The van der Waals surface area contributed by atoms with E-state index in [1.54, 1.807) is 11.3 Å². The van der Waals surface area contributed by atoms with Crippen LogP contribution < -0.4 is 5.32 Å². The van der Waals surface area contributed by atoms with Crippen LogP contribution in [0.25, 0.3) is 0 Å². The SMILES string of the molecule is Cc1ccc(C2CC3CCC(c4cscn4)(C2)[N]3)cc1. The molecule has 0 saturated carbocycles. The van der Waals surface area contributed by atoms with Gasteiger partial charge in [0.15, 0.2) is 0 Å². The molecule has 3 atom stereocenters. The van der Waals surface area contributed by atoms with Crippen LogP contribution in [0, 0.1) is 6.92 Å². The number of aromatic nitrogens is 1. The summed E-state index contributed by atoms with van der Waals surface area (Å²) in [4.78, 5) is 4.58. The van der Waals surface area contributed by atoms with Crippen molar-refractivity contribution in [1.82, 2.24) is 10.3 Å². The largest absolute Gasteiger partial charge is 0.248 e. The lowest BCUT2D eigenvalue weighted by Gasteiger charge is -2.37. The normalized spacial score (nSPS) is 32.5. The number of hydrogen-bond acceptors (Lipinski definition) is 2. The van der Waals surface area contributed by atoms with Gasteiger partial charge < -0.3 is 0 Å². The highest BCUT2D eigenvalue weighted by Crippen LogP contribution is 2.49. The van der Waals surface area contributed by atoms with Crippen LogP contribution >= 0.6 is 11.3 Å². The molecule has 20 heavy (non-hydrogen) atoms. The average molecular weight is 283 g/mol. The van der Waals surface area contributed by atoms with Crippen molar-refractivity contribution in [1.29, 1.82) is 0 Å². The molecule has 2 aliphatic rings. The summed E-state index contributed by atoms with van der Waals surface area (Å²) in [5.74, 6) is 0.641. The molecular formula is C17H19N2S. The first-order valence-corrected chi connectivity index (χ1v) is 8.37. The van der Waals surface area contributed by atoms with Crippen LogP contribution in [0.15, 0.2) is 35.2 Å². The monoisotopic (exact) mass is 283 g/mol. The molecule has 0 aliphatic carbocycles. The zero-order chi connectivity index (χ0) is 13.6. The third-order valence-corrected chi connectivity index (χ3v) is 5.51. The van der Waals surface area contributed by atoms with Crippen LogP contribution in [-0.4, -0.2) is 11.0 Å². The Labute approximate surface area is 124 Å². The van der Waals surface area contributed by atoms with Crippen LogP contribution in [0.3, 0.4) is 0 Å². The number of benzene rings is 1. The Kier molecular flexibility index (Phi) is 2.93. The predicted octanol–water partition coefficient (Wildman–Crippen LogP) is 3.99. The third-order valence-electron chi connectivity index (χ3n) is 4.92. The predicted molar refractivity (Wildman–Crippen MR) is 82.1 cm³/mol. The van der Waals surface area contributed by atoms with Gasteiger partial charge in [0.1, 0.15) is 0 Å². The number of piperidine rings is 1. The van der Waals surface area contributed by atoms with Crippen molar-refractivity contribution in [2.45, 2.75) is 50.1 Å². The summed E-state index contributed by atoms with van der Waals surface area (Å²) in [5, 5.41) is 7.30. The van der Waals surface area contributed by atoms with Crippen molar-refractivity contribution in [2.75, 3.05) is 0 Å². The van der Waals surface area contributed by atoms with Gasteiger partial charge >= 0.3 is 0 Å². The summed E-state index contributed by atoms with van der Waals surface area (Å²) in [6.45, 7) is 2.15. The molecule has 103 valence electrons. The quantitative estimate of drug-likeness (QED) is 0.818. The van der Waals surface area contributed by atoms with Crippen LogP contribution in [0.2, 0.25) is 0 Å². The molecule has 2 nitrogen and oxygen atoms in total. The Hall–Kier alpha value is -1.19. The van der Waals surface area contributed by atoms with E-state index in [0.29, 0.717) is 12.0 Å². The molecule has 3 heteroatoms. The fraction of sp³-hybridized carbons (Fsp3) is 0.471. The lowest BCUT2D eigenvalue weighted by Crippen LogP contribution is -2.41. The number of fused-ring (bicyclic) bond motifs is 2. The summed E-state index contributed by atoms with van der Waals surface area (Å²) in [6.07, 6.45) is 4.77. The van der Waals surface area contributed by atoms with Gasteiger partial charge in [0.2, 0.25) is 0 Å². The topological polar surface area (TPSA) is 27.0 Å². The van der Waals surface area contributed by atoms with Crippen molar-refractivity contribution in [3.8, 4) is 0 Å². The molecule has 3 unspecified atom stereocenters. The van der Waals surface area contributed by atoms with Crippen LogP contribution in [-0.2, 0) is 5.54 Å². The zero-order valence-electron chi connectivity index (χ0n) is 11.7. The highest BCUT2D eigenvalue weighted by atomic mass is 32.1. The first-order valence-electron chi connectivity index (χ1n) is 7.42. The maximum absolute atomic E-state index is 5.11. The molecule has 2 bridgehead atoms. The molecule has 0 N–H and O–H groups in total. The van der Waals surface area contributed by atoms with E-state index in [0.717, 1.165) is 6.42 Å². The van der Waals surface area contributed by atoms with E-state index in [2.05, 4.69) is 41.6 Å². The fourth-order valence-corrected chi connectivity index (χ4v) is 4.51. The second-order valence-electron chi connectivity index (χ2n) is 6.27. The van der Waals surface area contributed by atoms with Gasteiger partial charge in [0.05, 0.1) is 16.7 Å². The average Bonchev–Trinajstić information content (AvgIpc) is 3.09. The molecule has 2 fully saturated rings. The van der Waals surface area contributed by atoms with Gasteiger partial charge in [-0.15, -0.1) is 11.3 Å². The fourth-order valence-electron chi connectivity index (χ4n) is 3.86. The first-order chi connectivity index (χ1) is 9.75. The molecule has 0 amide bonds. The molecule has 4 rings (SSSR count). The van der Waals surface area contributed by atoms with E-state index >= 15 is 0 Å². The Balaban J connectivity index is 1.66. The molecule has 2 aromatic rings. The zero-order valence-corrected chi connectivity index (χ0v) is 12.6. The van der Waals surface area contributed by atoms with E-state index in [1.165, 1.54) is 36.1 Å². The van der Waals surface area contributed by atoms with Gasteiger partial charge in [-0.25, -0.2) is 10.3 Å². The summed E-state index contributed by atoms with van der Waals surface area (Å²) in [7, 11) is 0. The maximum atomic E-state index is 5.11. The number of aryl methyl sites for hydroxylation is 1. The van der Waals surface area contributed by atoms with E-state index in [1.807, 2.05) is 5.51 Å². The van der Waals surface area contributed by atoms with Gasteiger partial charge in [-0.1, -0.05) is 29.8 Å². The molecule has 1 aromatic heterocycles. The van der Waals surface area contributed by atoms with Crippen LogP contribution in [0.1, 0.15) is 48.4 Å².